The standard InChI is InChI=1S/C22H25N3O6S/c1-3-30-20(28)18-13(2)23-21(29)24-15(18)11-31-19(27)16-12-32-22(10-9-17(26)25(16)22)14-7-5-4-6-8-14/h4-8,13,16H,3,9-12H2,1-2H3,(H2,23,24,29)/t13-,16-,22+/m1/s1. The summed E-state index contributed by atoms with van der Waals surface area (Å²) in [4.78, 5) is 51.1. The van der Waals surface area contributed by atoms with E-state index in [4.69, 9.17) is 9.47 Å². The maximum Gasteiger partial charge on any atom is 0.338 e. The van der Waals surface area contributed by atoms with Crippen LogP contribution in [0.1, 0.15) is 32.3 Å². The van der Waals surface area contributed by atoms with Crippen LogP contribution in [0.3, 0.4) is 0 Å². The molecule has 3 aliphatic heterocycles. The Kier molecular flexibility index (Phi) is 6.14. The van der Waals surface area contributed by atoms with E-state index in [0.717, 1.165) is 5.56 Å². The van der Waals surface area contributed by atoms with Gasteiger partial charge in [0.2, 0.25) is 5.91 Å². The summed E-state index contributed by atoms with van der Waals surface area (Å²) in [6.45, 7) is 3.21. The molecule has 0 saturated carbocycles. The Balaban J connectivity index is 1.53. The van der Waals surface area contributed by atoms with Crippen molar-refractivity contribution in [2.24, 2.45) is 0 Å². The Hall–Kier alpha value is -3.01. The van der Waals surface area contributed by atoms with Gasteiger partial charge in [0.1, 0.15) is 17.5 Å². The lowest BCUT2D eigenvalue weighted by atomic mass is 10.0. The Morgan fingerprint density at radius 2 is 1.97 bits per heavy atom. The van der Waals surface area contributed by atoms with Crippen LogP contribution >= 0.6 is 11.8 Å². The molecule has 2 saturated heterocycles. The minimum Gasteiger partial charge on any atom is -0.463 e. The van der Waals surface area contributed by atoms with Crippen molar-refractivity contribution < 1.29 is 28.7 Å². The largest absolute Gasteiger partial charge is 0.463 e. The number of nitrogens with one attached hydrogen (secondary N) is 2. The number of ether oxygens (including phenoxy) is 2. The van der Waals surface area contributed by atoms with Gasteiger partial charge in [-0.25, -0.2) is 14.4 Å². The van der Waals surface area contributed by atoms with E-state index in [0.29, 0.717) is 18.6 Å². The van der Waals surface area contributed by atoms with Crippen LogP contribution in [0.5, 0.6) is 0 Å². The van der Waals surface area contributed by atoms with Gasteiger partial charge in [0.05, 0.1) is 23.9 Å². The molecule has 170 valence electrons. The van der Waals surface area contributed by atoms with E-state index in [1.165, 1.54) is 0 Å². The van der Waals surface area contributed by atoms with E-state index in [2.05, 4.69) is 10.6 Å². The predicted octanol–water partition coefficient (Wildman–Crippen LogP) is 1.64. The summed E-state index contributed by atoms with van der Waals surface area (Å²) in [5, 5.41) is 5.13. The lowest BCUT2D eigenvalue weighted by molar-refractivity contribution is -0.153. The second kappa shape index (κ2) is 8.85. The van der Waals surface area contributed by atoms with Crippen LogP contribution in [-0.4, -0.2) is 59.8 Å². The Morgan fingerprint density at radius 1 is 1.22 bits per heavy atom. The lowest BCUT2D eigenvalue weighted by Gasteiger charge is -2.33. The van der Waals surface area contributed by atoms with Gasteiger partial charge in [0.25, 0.3) is 0 Å². The summed E-state index contributed by atoms with van der Waals surface area (Å²) in [5.41, 5.74) is 1.37. The molecule has 3 aliphatic rings. The number of esters is 2. The number of hydrogen-bond acceptors (Lipinski definition) is 7. The molecule has 9 nitrogen and oxygen atoms in total. The third kappa shape index (κ3) is 3.83. The molecule has 10 heteroatoms. The molecule has 0 spiro atoms. The van der Waals surface area contributed by atoms with Gasteiger partial charge in [0.15, 0.2) is 0 Å². The van der Waals surface area contributed by atoms with E-state index >= 15 is 0 Å². The monoisotopic (exact) mass is 459 g/mol. The highest BCUT2D eigenvalue weighted by Gasteiger charge is 2.57. The first-order chi connectivity index (χ1) is 15.4. The predicted molar refractivity (Wildman–Crippen MR) is 116 cm³/mol. The Morgan fingerprint density at radius 3 is 2.69 bits per heavy atom. The van der Waals surface area contributed by atoms with Crippen molar-refractivity contribution in [1.29, 1.82) is 0 Å². The number of amides is 3. The smallest absolute Gasteiger partial charge is 0.338 e. The fourth-order valence-corrected chi connectivity index (χ4v) is 6.08. The third-order valence-corrected chi connectivity index (χ3v) is 7.44. The van der Waals surface area contributed by atoms with Gasteiger partial charge >= 0.3 is 18.0 Å². The van der Waals surface area contributed by atoms with Gasteiger partial charge in [-0.05, 0) is 25.8 Å². The van der Waals surface area contributed by atoms with Crippen LogP contribution in [0.2, 0.25) is 0 Å². The second-order valence-corrected chi connectivity index (χ2v) is 9.08. The number of benzene rings is 1. The highest BCUT2D eigenvalue weighted by atomic mass is 32.2. The second-order valence-electron chi connectivity index (χ2n) is 7.78. The fourth-order valence-electron chi connectivity index (χ4n) is 4.45. The molecule has 2 N–H and O–H groups in total. The van der Waals surface area contributed by atoms with Crippen molar-refractivity contribution in [3.63, 3.8) is 0 Å². The molecule has 0 aliphatic carbocycles. The van der Waals surface area contributed by atoms with Crippen molar-refractivity contribution in [2.75, 3.05) is 19.0 Å². The molecule has 0 aromatic heterocycles. The Bertz CT molecular complexity index is 981. The minimum absolute atomic E-state index is 0.0870. The van der Waals surface area contributed by atoms with Crippen molar-refractivity contribution in [2.45, 2.75) is 43.6 Å². The van der Waals surface area contributed by atoms with Crippen LogP contribution in [0, 0.1) is 0 Å². The first kappa shape index (κ1) is 22.2. The molecule has 4 rings (SSSR count). The molecule has 1 aromatic rings. The minimum atomic E-state index is -0.739. The van der Waals surface area contributed by atoms with Crippen molar-refractivity contribution >= 4 is 35.6 Å². The van der Waals surface area contributed by atoms with Crippen LogP contribution in [0.25, 0.3) is 0 Å². The fraction of sp³-hybridized carbons (Fsp3) is 0.455. The molecule has 3 amide bonds. The molecule has 0 unspecified atom stereocenters. The van der Waals surface area contributed by atoms with Gasteiger partial charge in [-0.2, -0.15) is 0 Å². The van der Waals surface area contributed by atoms with Gasteiger partial charge in [-0.1, -0.05) is 30.3 Å². The number of thioether (sulfide) groups is 1. The van der Waals surface area contributed by atoms with Gasteiger partial charge in [-0.3, -0.25) is 4.79 Å². The molecule has 0 radical (unpaired) electrons. The molecule has 32 heavy (non-hydrogen) atoms. The maximum absolute atomic E-state index is 13.0. The first-order valence-corrected chi connectivity index (χ1v) is 11.5. The number of nitrogens with zero attached hydrogens (tertiary/aromatic N) is 1. The summed E-state index contributed by atoms with van der Waals surface area (Å²) in [6.07, 6.45) is 0.991. The summed E-state index contributed by atoms with van der Waals surface area (Å²) < 4.78 is 10.6. The number of carbonyl (C=O) groups is 4. The SMILES string of the molecule is CCOC(=O)C1=C(COC(=O)[C@H]2CS[C@]3(c4ccccc4)CCC(=O)N23)NC(=O)N[C@@H]1C. The number of fused-ring (bicyclic) bond motifs is 1. The molecular formula is C22H25N3O6S. The van der Waals surface area contributed by atoms with Crippen molar-refractivity contribution in [3.8, 4) is 0 Å². The quantitative estimate of drug-likeness (QED) is 0.622. The summed E-state index contributed by atoms with van der Waals surface area (Å²) >= 11 is 1.57. The van der Waals surface area contributed by atoms with E-state index in [1.807, 2.05) is 30.3 Å². The average molecular weight is 460 g/mol. The van der Waals surface area contributed by atoms with E-state index in [1.54, 1.807) is 30.5 Å². The molecule has 0 bridgehead atoms. The number of rotatable bonds is 6. The van der Waals surface area contributed by atoms with Crippen LogP contribution in [0.15, 0.2) is 41.6 Å². The van der Waals surface area contributed by atoms with Crippen molar-refractivity contribution in [3.05, 3.63) is 47.2 Å². The van der Waals surface area contributed by atoms with Crippen LogP contribution in [-0.2, 0) is 28.7 Å². The van der Waals surface area contributed by atoms with E-state index in [-0.39, 0.29) is 30.4 Å². The summed E-state index contributed by atoms with van der Waals surface area (Å²) in [5.74, 6) is -0.835. The summed E-state index contributed by atoms with van der Waals surface area (Å²) in [7, 11) is 0. The zero-order valence-electron chi connectivity index (χ0n) is 17.9. The first-order valence-electron chi connectivity index (χ1n) is 10.5. The average Bonchev–Trinajstić information content (AvgIpc) is 3.31. The molecule has 3 heterocycles. The third-order valence-electron chi connectivity index (χ3n) is 5.85. The number of hydrogen-bond donors (Lipinski definition) is 2. The maximum atomic E-state index is 13.0. The zero-order valence-corrected chi connectivity index (χ0v) is 18.7. The van der Waals surface area contributed by atoms with E-state index < -0.39 is 34.9 Å². The molecular weight excluding hydrogens is 434 g/mol. The highest BCUT2D eigenvalue weighted by molar-refractivity contribution is 8.00. The molecule has 1 aromatic carbocycles. The topological polar surface area (TPSA) is 114 Å². The van der Waals surface area contributed by atoms with Gasteiger partial charge in [-0.15, -0.1) is 11.8 Å². The zero-order chi connectivity index (χ0) is 22.9. The van der Waals surface area contributed by atoms with Gasteiger partial charge in [0, 0.05) is 12.2 Å². The molecule has 2 fully saturated rings. The highest BCUT2D eigenvalue weighted by Crippen LogP contribution is 2.54. The molecule has 3 atom stereocenters. The van der Waals surface area contributed by atoms with Crippen LogP contribution < -0.4 is 10.6 Å². The van der Waals surface area contributed by atoms with E-state index in [9.17, 15) is 19.2 Å². The summed E-state index contributed by atoms with van der Waals surface area (Å²) in [6, 6.07) is 7.86. The van der Waals surface area contributed by atoms with Gasteiger partial charge < -0.3 is 25.0 Å². The lowest BCUT2D eigenvalue weighted by Crippen LogP contribution is -2.50. The number of carbonyl (C=O) groups excluding carboxylic acids is 4. The normalized spacial score (nSPS) is 27.0. The number of urea groups is 1. The Labute approximate surface area is 189 Å². The van der Waals surface area contributed by atoms with Crippen molar-refractivity contribution in [1.82, 2.24) is 15.5 Å². The van der Waals surface area contributed by atoms with Crippen LogP contribution in [0.4, 0.5) is 4.79 Å².